The monoisotopic (exact) mass is 423 g/mol. The molecule has 0 bridgehead atoms. The first-order valence-electron chi connectivity index (χ1n) is 9.17. The summed E-state index contributed by atoms with van der Waals surface area (Å²) in [4.78, 5) is 23.0. The second-order valence-corrected chi connectivity index (χ2v) is 7.03. The largest absolute Gasteiger partial charge is 0.472 e. The number of carbonyl (C=O) groups is 1. The van der Waals surface area contributed by atoms with Crippen molar-refractivity contribution in [2.24, 2.45) is 0 Å². The highest BCUT2D eigenvalue weighted by Gasteiger charge is 2.17. The van der Waals surface area contributed by atoms with E-state index < -0.39 is 0 Å². The van der Waals surface area contributed by atoms with Gasteiger partial charge in [0, 0.05) is 29.6 Å². The first-order valence-corrected chi connectivity index (χ1v) is 9.55. The average Bonchev–Trinajstić information content (AvgIpc) is 3.42. The summed E-state index contributed by atoms with van der Waals surface area (Å²) in [5.74, 6) is 0.667. The summed E-state index contributed by atoms with van der Waals surface area (Å²) in [6.45, 7) is 0.953. The van der Waals surface area contributed by atoms with Crippen molar-refractivity contribution in [3.05, 3.63) is 83.8 Å². The van der Waals surface area contributed by atoms with Crippen LogP contribution in [0.3, 0.4) is 0 Å². The maximum Gasteiger partial charge on any atom is 0.261 e. The minimum atomic E-state index is -0.167. The Labute approximate surface area is 177 Å². The third-order valence-electron chi connectivity index (χ3n) is 4.23. The van der Waals surface area contributed by atoms with Gasteiger partial charge >= 0.3 is 0 Å². The molecule has 1 N–H and O–H groups in total. The Balaban J connectivity index is 1.46. The van der Waals surface area contributed by atoms with E-state index in [-0.39, 0.29) is 12.5 Å². The van der Waals surface area contributed by atoms with E-state index in [9.17, 15) is 4.79 Å². The Morgan fingerprint density at radius 3 is 2.73 bits per heavy atom. The summed E-state index contributed by atoms with van der Waals surface area (Å²) in [5.41, 5.74) is 2.34. The molecule has 0 aliphatic rings. The summed E-state index contributed by atoms with van der Waals surface area (Å²) in [5, 5.41) is 7.50. The lowest BCUT2D eigenvalue weighted by Crippen LogP contribution is -2.33. The third-order valence-corrected chi connectivity index (χ3v) is 4.48. The van der Waals surface area contributed by atoms with E-state index in [1.807, 2.05) is 17.0 Å². The van der Waals surface area contributed by atoms with Gasteiger partial charge in [0.25, 0.3) is 5.89 Å². The van der Waals surface area contributed by atoms with Crippen LogP contribution in [0.4, 0.5) is 5.69 Å². The second kappa shape index (κ2) is 9.34. The molecule has 30 heavy (non-hydrogen) atoms. The van der Waals surface area contributed by atoms with Gasteiger partial charge in [-0.3, -0.25) is 14.7 Å². The summed E-state index contributed by atoms with van der Waals surface area (Å²) in [6, 6.07) is 12.5. The number of hydrogen-bond donors (Lipinski definition) is 1. The lowest BCUT2D eigenvalue weighted by Gasteiger charge is -2.20. The minimum Gasteiger partial charge on any atom is -0.472 e. The molecular weight excluding hydrogens is 406 g/mol. The van der Waals surface area contributed by atoms with Crippen LogP contribution in [0.1, 0.15) is 11.4 Å². The molecule has 1 aromatic carbocycles. The highest BCUT2D eigenvalue weighted by Crippen LogP contribution is 2.18. The van der Waals surface area contributed by atoms with Crippen LogP contribution in [0.25, 0.3) is 11.5 Å². The highest BCUT2D eigenvalue weighted by molar-refractivity contribution is 6.30. The molecule has 0 radical (unpaired) electrons. The van der Waals surface area contributed by atoms with E-state index in [0.29, 0.717) is 41.1 Å². The Morgan fingerprint density at radius 1 is 1.13 bits per heavy atom. The molecule has 8 nitrogen and oxygen atoms in total. The molecule has 0 fully saturated rings. The molecule has 3 aromatic heterocycles. The fourth-order valence-corrected chi connectivity index (χ4v) is 3.00. The SMILES string of the molecule is O=C(CN(Cc1cccnc1)Cc1noc(-c2ccoc2)n1)Nc1ccc(Cl)cc1. The van der Waals surface area contributed by atoms with Crippen molar-refractivity contribution in [2.45, 2.75) is 13.1 Å². The van der Waals surface area contributed by atoms with Crippen molar-refractivity contribution in [2.75, 3.05) is 11.9 Å². The predicted octanol–water partition coefficient (Wildman–Crippen LogP) is 4.02. The number of nitrogens with one attached hydrogen (secondary N) is 1. The molecule has 4 rings (SSSR count). The lowest BCUT2D eigenvalue weighted by atomic mass is 10.2. The van der Waals surface area contributed by atoms with Crippen LogP contribution in [0.15, 0.2) is 76.3 Å². The van der Waals surface area contributed by atoms with Crippen molar-refractivity contribution in [1.29, 1.82) is 0 Å². The summed E-state index contributed by atoms with van der Waals surface area (Å²) in [6.07, 6.45) is 6.54. The predicted molar refractivity (Wildman–Crippen MR) is 110 cm³/mol. The van der Waals surface area contributed by atoms with Gasteiger partial charge in [0.15, 0.2) is 5.82 Å². The Kier molecular flexibility index (Phi) is 6.17. The molecule has 3 heterocycles. The molecule has 0 saturated heterocycles. The standard InChI is InChI=1S/C21H18ClN5O3/c22-17-3-5-18(6-4-17)24-20(28)13-27(11-15-2-1-8-23-10-15)12-19-25-21(30-26-19)16-7-9-29-14-16/h1-10,14H,11-13H2,(H,24,28). The number of pyridine rings is 1. The van der Waals surface area contributed by atoms with Crippen LogP contribution in [0.2, 0.25) is 5.02 Å². The van der Waals surface area contributed by atoms with Gasteiger partial charge in [-0.25, -0.2) is 0 Å². The summed E-state index contributed by atoms with van der Waals surface area (Å²) < 4.78 is 10.3. The van der Waals surface area contributed by atoms with E-state index in [4.69, 9.17) is 20.5 Å². The maximum atomic E-state index is 12.6. The normalized spacial score (nSPS) is 11.0. The zero-order valence-corrected chi connectivity index (χ0v) is 16.6. The van der Waals surface area contributed by atoms with Gasteiger partial charge in [-0.15, -0.1) is 0 Å². The first-order chi connectivity index (χ1) is 14.7. The molecule has 4 aromatic rings. The highest BCUT2D eigenvalue weighted by atomic mass is 35.5. The first kappa shape index (κ1) is 19.8. The third kappa shape index (κ3) is 5.31. The number of amides is 1. The molecular formula is C21H18ClN5O3. The van der Waals surface area contributed by atoms with Crippen molar-refractivity contribution >= 4 is 23.2 Å². The van der Waals surface area contributed by atoms with Gasteiger partial charge in [-0.05, 0) is 42.0 Å². The number of nitrogens with zero attached hydrogens (tertiary/aromatic N) is 4. The minimum absolute atomic E-state index is 0.132. The second-order valence-electron chi connectivity index (χ2n) is 6.59. The van der Waals surface area contributed by atoms with E-state index >= 15 is 0 Å². The van der Waals surface area contributed by atoms with Gasteiger partial charge in [-0.2, -0.15) is 4.98 Å². The van der Waals surface area contributed by atoms with Crippen molar-refractivity contribution in [3.8, 4) is 11.5 Å². The van der Waals surface area contributed by atoms with E-state index in [2.05, 4.69) is 20.4 Å². The fourth-order valence-electron chi connectivity index (χ4n) is 2.88. The number of rotatable bonds is 8. The smallest absolute Gasteiger partial charge is 0.261 e. The Bertz CT molecular complexity index is 1080. The van der Waals surface area contributed by atoms with E-state index in [0.717, 1.165) is 5.56 Å². The van der Waals surface area contributed by atoms with Crippen LogP contribution in [0.5, 0.6) is 0 Å². The molecule has 0 aliphatic heterocycles. The van der Waals surface area contributed by atoms with Crippen LogP contribution >= 0.6 is 11.6 Å². The number of hydrogen-bond acceptors (Lipinski definition) is 7. The maximum absolute atomic E-state index is 12.6. The molecule has 0 aliphatic carbocycles. The molecule has 0 unspecified atom stereocenters. The molecule has 152 valence electrons. The van der Waals surface area contributed by atoms with Crippen molar-refractivity contribution in [1.82, 2.24) is 20.0 Å². The summed E-state index contributed by atoms with van der Waals surface area (Å²) >= 11 is 5.90. The lowest BCUT2D eigenvalue weighted by molar-refractivity contribution is -0.117. The molecule has 0 saturated carbocycles. The molecule has 9 heteroatoms. The zero-order chi connectivity index (χ0) is 20.8. The van der Waals surface area contributed by atoms with Crippen LogP contribution in [-0.4, -0.2) is 32.5 Å². The number of anilines is 1. The number of aromatic nitrogens is 3. The Morgan fingerprint density at radius 2 is 2.00 bits per heavy atom. The topological polar surface area (TPSA) is 97.3 Å². The van der Waals surface area contributed by atoms with Crippen LogP contribution in [0, 0.1) is 0 Å². The van der Waals surface area contributed by atoms with E-state index in [1.165, 1.54) is 12.5 Å². The van der Waals surface area contributed by atoms with Crippen molar-refractivity contribution in [3.63, 3.8) is 0 Å². The fraction of sp³-hybridized carbons (Fsp3) is 0.143. The molecule has 0 spiro atoms. The average molecular weight is 424 g/mol. The number of halogens is 1. The van der Waals surface area contributed by atoms with Gasteiger partial charge in [0.05, 0.1) is 24.9 Å². The number of carbonyl (C=O) groups excluding carboxylic acids is 1. The Hall–Kier alpha value is -3.49. The van der Waals surface area contributed by atoms with Gasteiger partial charge < -0.3 is 14.3 Å². The van der Waals surface area contributed by atoms with Gasteiger partial charge in [0.2, 0.25) is 5.91 Å². The van der Waals surface area contributed by atoms with Crippen molar-refractivity contribution < 1.29 is 13.7 Å². The molecule has 1 amide bonds. The van der Waals surface area contributed by atoms with Crippen LogP contribution in [-0.2, 0) is 17.9 Å². The quantitative estimate of drug-likeness (QED) is 0.457. The van der Waals surface area contributed by atoms with Gasteiger partial charge in [0.1, 0.15) is 6.26 Å². The number of benzene rings is 1. The number of furan rings is 1. The summed E-state index contributed by atoms with van der Waals surface area (Å²) in [7, 11) is 0. The van der Waals surface area contributed by atoms with Crippen LogP contribution < -0.4 is 5.32 Å². The zero-order valence-electron chi connectivity index (χ0n) is 15.9. The van der Waals surface area contributed by atoms with Gasteiger partial charge in [-0.1, -0.05) is 22.8 Å². The molecule has 0 atom stereocenters. The van der Waals surface area contributed by atoms with E-state index in [1.54, 1.807) is 42.7 Å².